The van der Waals surface area contributed by atoms with E-state index in [9.17, 15) is 18.0 Å². The molecule has 0 bridgehead atoms. The SMILES string of the molecule is C/C(=N/OC(=O)/C=C/c1cccc(C(F)(F)F)c1)c1cccnc1. The summed E-state index contributed by atoms with van der Waals surface area (Å²) in [6.45, 7) is 1.64. The molecule has 0 aliphatic carbocycles. The first kappa shape index (κ1) is 17.4. The molecule has 1 heterocycles. The van der Waals surface area contributed by atoms with E-state index in [1.54, 1.807) is 31.5 Å². The van der Waals surface area contributed by atoms with Crippen molar-refractivity contribution in [1.82, 2.24) is 4.98 Å². The molecular weight excluding hydrogens is 321 g/mol. The second-order valence-corrected chi connectivity index (χ2v) is 4.79. The van der Waals surface area contributed by atoms with Gasteiger partial charge in [-0.1, -0.05) is 17.3 Å². The predicted octanol–water partition coefficient (Wildman–Crippen LogP) is 4.08. The molecule has 0 radical (unpaired) electrons. The minimum atomic E-state index is -4.44. The van der Waals surface area contributed by atoms with Crippen molar-refractivity contribution in [3.8, 4) is 0 Å². The molecule has 0 spiro atoms. The molecule has 0 N–H and O–H groups in total. The highest BCUT2D eigenvalue weighted by atomic mass is 19.4. The normalized spacial score (nSPS) is 12.4. The van der Waals surface area contributed by atoms with E-state index in [2.05, 4.69) is 15.0 Å². The summed E-state index contributed by atoms with van der Waals surface area (Å²) in [5.74, 6) is -0.796. The third-order valence-corrected chi connectivity index (χ3v) is 2.98. The average molecular weight is 334 g/mol. The van der Waals surface area contributed by atoms with Crippen LogP contribution in [0.4, 0.5) is 13.2 Å². The molecule has 0 aliphatic rings. The van der Waals surface area contributed by atoms with Crippen LogP contribution in [0.2, 0.25) is 0 Å². The predicted molar refractivity (Wildman–Crippen MR) is 83.0 cm³/mol. The number of carbonyl (C=O) groups excluding carboxylic acids is 1. The van der Waals surface area contributed by atoms with Gasteiger partial charge in [0.2, 0.25) is 0 Å². The van der Waals surface area contributed by atoms with Crippen LogP contribution in [0.3, 0.4) is 0 Å². The molecule has 0 amide bonds. The molecule has 0 atom stereocenters. The van der Waals surface area contributed by atoms with Crippen LogP contribution in [-0.4, -0.2) is 16.7 Å². The van der Waals surface area contributed by atoms with E-state index in [-0.39, 0.29) is 5.56 Å². The van der Waals surface area contributed by atoms with Gasteiger partial charge in [0.25, 0.3) is 0 Å². The second kappa shape index (κ2) is 7.54. The van der Waals surface area contributed by atoms with Crippen molar-refractivity contribution in [3.63, 3.8) is 0 Å². The molecular formula is C17H13F3N2O2. The standard InChI is InChI=1S/C17H13F3N2O2/c1-12(14-5-3-9-21-11-14)22-24-16(23)8-7-13-4-2-6-15(10-13)17(18,19)20/h2-11H,1H3/b8-7+,22-12-. The molecule has 2 aromatic rings. The first-order chi connectivity index (χ1) is 11.4. The summed E-state index contributed by atoms with van der Waals surface area (Å²) in [7, 11) is 0. The van der Waals surface area contributed by atoms with Crippen molar-refractivity contribution in [2.24, 2.45) is 5.16 Å². The van der Waals surface area contributed by atoms with Crippen molar-refractivity contribution in [2.75, 3.05) is 0 Å². The molecule has 0 saturated heterocycles. The van der Waals surface area contributed by atoms with Crippen molar-refractivity contribution in [3.05, 3.63) is 71.6 Å². The fraction of sp³-hybridized carbons (Fsp3) is 0.118. The molecule has 1 aromatic heterocycles. The Hall–Kier alpha value is -2.96. The highest BCUT2D eigenvalue weighted by Crippen LogP contribution is 2.29. The summed E-state index contributed by atoms with van der Waals surface area (Å²) < 4.78 is 37.8. The van der Waals surface area contributed by atoms with Crippen molar-refractivity contribution < 1.29 is 22.8 Å². The average Bonchev–Trinajstić information content (AvgIpc) is 2.58. The van der Waals surface area contributed by atoms with Crippen LogP contribution >= 0.6 is 0 Å². The lowest BCUT2D eigenvalue weighted by atomic mass is 10.1. The van der Waals surface area contributed by atoms with Gasteiger partial charge < -0.3 is 4.84 Å². The van der Waals surface area contributed by atoms with E-state index in [0.717, 1.165) is 18.2 Å². The van der Waals surface area contributed by atoms with E-state index >= 15 is 0 Å². The van der Waals surface area contributed by atoms with Crippen LogP contribution in [0.1, 0.15) is 23.6 Å². The number of rotatable bonds is 4. The van der Waals surface area contributed by atoms with Gasteiger partial charge >= 0.3 is 12.1 Å². The van der Waals surface area contributed by atoms with Gasteiger partial charge in [-0.25, -0.2) is 4.79 Å². The van der Waals surface area contributed by atoms with Gasteiger partial charge in [0, 0.05) is 24.0 Å². The zero-order valence-electron chi connectivity index (χ0n) is 12.6. The molecule has 0 saturated carbocycles. The van der Waals surface area contributed by atoms with Crippen molar-refractivity contribution in [2.45, 2.75) is 13.1 Å². The van der Waals surface area contributed by atoms with Crippen molar-refractivity contribution >= 4 is 17.8 Å². The molecule has 7 heteroatoms. The Kier molecular flexibility index (Phi) is 5.47. The Balaban J connectivity index is 2.01. The minimum absolute atomic E-state index is 0.231. The summed E-state index contributed by atoms with van der Waals surface area (Å²) in [5, 5.41) is 3.66. The lowest BCUT2D eigenvalue weighted by molar-refractivity contribution is -0.138. The monoisotopic (exact) mass is 334 g/mol. The third kappa shape index (κ3) is 5.05. The number of aromatic nitrogens is 1. The Morgan fingerprint density at radius 1 is 1.25 bits per heavy atom. The Morgan fingerprint density at radius 3 is 2.71 bits per heavy atom. The number of nitrogens with zero attached hydrogens (tertiary/aromatic N) is 2. The van der Waals surface area contributed by atoms with Crippen molar-refractivity contribution in [1.29, 1.82) is 0 Å². The molecule has 0 fully saturated rings. The van der Waals surface area contributed by atoms with Gasteiger partial charge in [0.1, 0.15) is 0 Å². The number of oxime groups is 1. The van der Waals surface area contributed by atoms with Gasteiger partial charge in [-0.15, -0.1) is 0 Å². The van der Waals surface area contributed by atoms with E-state index in [4.69, 9.17) is 0 Å². The summed E-state index contributed by atoms with van der Waals surface area (Å²) >= 11 is 0. The van der Waals surface area contributed by atoms with Crippen LogP contribution in [0.25, 0.3) is 6.08 Å². The summed E-state index contributed by atoms with van der Waals surface area (Å²) in [5.41, 5.74) is 0.578. The number of hydrogen-bond donors (Lipinski definition) is 0. The number of benzene rings is 1. The fourth-order valence-corrected chi connectivity index (χ4v) is 1.76. The van der Waals surface area contributed by atoms with Crippen LogP contribution in [0, 0.1) is 0 Å². The number of pyridine rings is 1. The summed E-state index contributed by atoms with van der Waals surface area (Å²) in [4.78, 5) is 20.2. The molecule has 0 unspecified atom stereocenters. The Morgan fingerprint density at radius 2 is 2.04 bits per heavy atom. The van der Waals surface area contributed by atoms with E-state index in [1.807, 2.05) is 0 Å². The van der Waals surface area contributed by atoms with Gasteiger partial charge in [-0.2, -0.15) is 13.2 Å². The maximum absolute atomic E-state index is 12.6. The Labute approximate surface area is 136 Å². The van der Waals surface area contributed by atoms with Gasteiger partial charge in [-0.3, -0.25) is 4.98 Å². The molecule has 0 aliphatic heterocycles. The van der Waals surface area contributed by atoms with Crippen LogP contribution < -0.4 is 0 Å². The maximum Gasteiger partial charge on any atom is 0.416 e. The molecule has 4 nitrogen and oxygen atoms in total. The van der Waals surface area contributed by atoms with E-state index in [0.29, 0.717) is 11.3 Å². The fourth-order valence-electron chi connectivity index (χ4n) is 1.76. The van der Waals surface area contributed by atoms with E-state index in [1.165, 1.54) is 18.2 Å². The Bertz CT molecular complexity index is 769. The molecule has 24 heavy (non-hydrogen) atoms. The highest BCUT2D eigenvalue weighted by molar-refractivity contribution is 5.98. The van der Waals surface area contributed by atoms with Crippen LogP contribution in [0.5, 0.6) is 0 Å². The van der Waals surface area contributed by atoms with Gasteiger partial charge in [0.15, 0.2) is 0 Å². The largest absolute Gasteiger partial charge is 0.416 e. The molecule has 124 valence electrons. The summed E-state index contributed by atoms with van der Waals surface area (Å²) in [6.07, 6.45) is 0.962. The maximum atomic E-state index is 12.6. The number of halogens is 3. The van der Waals surface area contributed by atoms with E-state index < -0.39 is 17.7 Å². The van der Waals surface area contributed by atoms with Crippen LogP contribution in [-0.2, 0) is 15.8 Å². The topological polar surface area (TPSA) is 51.5 Å². The van der Waals surface area contributed by atoms with Gasteiger partial charge in [0.05, 0.1) is 11.3 Å². The third-order valence-electron chi connectivity index (χ3n) is 2.98. The number of hydrogen-bond acceptors (Lipinski definition) is 4. The zero-order valence-corrected chi connectivity index (χ0v) is 12.6. The minimum Gasteiger partial charge on any atom is -0.313 e. The summed E-state index contributed by atoms with van der Waals surface area (Å²) in [6, 6.07) is 8.06. The smallest absolute Gasteiger partial charge is 0.313 e. The molecule has 2 rings (SSSR count). The lowest BCUT2D eigenvalue weighted by Crippen LogP contribution is -2.04. The second-order valence-electron chi connectivity index (χ2n) is 4.79. The molecule has 1 aromatic carbocycles. The first-order valence-electron chi connectivity index (χ1n) is 6.87. The van der Waals surface area contributed by atoms with Crippen LogP contribution in [0.15, 0.2) is 60.0 Å². The number of alkyl halides is 3. The number of carbonyl (C=O) groups is 1. The lowest BCUT2D eigenvalue weighted by Gasteiger charge is -2.06. The first-order valence-corrected chi connectivity index (χ1v) is 6.87. The van der Waals surface area contributed by atoms with Gasteiger partial charge in [-0.05, 0) is 42.8 Å². The quantitative estimate of drug-likeness (QED) is 0.366. The highest BCUT2D eigenvalue weighted by Gasteiger charge is 2.30. The zero-order chi connectivity index (χ0) is 17.6.